The van der Waals surface area contributed by atoms with E-state index in [1.54, 1.807) is 59.3 Å². The van der Waals surface area contributed by atoms with Crippen molar-refractivity contribution in [2.45, 2.75) is 152 Å². The van der Waals surface area contributed by atoms with Gasteiger partial charge in [-0.1, -0.05) is 216 Å². The minimum atomic E-state index is -0.438. The second-order valence-electron chi connectivity index (χ2n) is 36.3. The fourth-order valence-corrected chi connectivity index (χ4v) is 18.7. The van der Waals surface area contributed by atoms with E-state index in [1.165, 1.54) is 51.7 Å². The van der Waals surface area contributed by atoms with Crippen LogP contribution in [-0.2, 0) is 73.5 Å². The Kier molecular flexibility index (Phi) is 48.6. The Morgan fingerprint density at radius 1 is 0.517 bits per heavy atom. The van der Waals surface area contributed by atoms with Crippen LogP contribution in [0.15, 0.2) is 234 Å². The molecule has 7 saturated heterocycles. The minimum Gasteiger partial charge on any atom is -0.399 e. The summed E-state index contributed by atoms with van der Waals surface area (Å²) in [6.45, 7) is 31.8. The Morgan fingerprint density at radius 2 is 0.878 bits per heavy atom. The van der Waals surface area contributed by atoms with Gasteiger partial charge in [0.25, 0.3) is 17.7 Å². The molecule has 147 heavy (non-hydrogen) atoms. The number of Topliss-reactive ketones (excluding diaryl/α,β-unsaturated/α-hetero) is 1. The van der Waals surface area contributed by atoms with E-state index in [-0.39, 0.29) is 125 Å². The molecule has 7 heterocycles. The quantitative estimate of drug-likeness (QED) is 0.00550. The van der Waals surface area contributed by atoms with Gasteiger partial charge in [0.05, 0.1) is 72.8 Å². The number of nitrogens with zero attached hydrogens (tertiary/aromatic N) is 10. The monoisotopic (exact) mass is 2430 g/mol. The molecule has 10 atom stereocenters. The summed E-state index contributed by atoms with van der Waals surface area (Å²) in [5.41, 5.74) is 16.1. The Bertz CT molecular complexity index is 5970. The van der Waals surface area contributed by atoms with Crippen molar-refractivity contribution >= 4 is 231 Å². The van der Waals surface area contributed by atoms with Crippen LogP contribution in [0.1, 0.15) is 144 Å². The zero-order valence-electron chi connectivity index (χ0n) is 84.4. The first-order valence-electron chi connectivity index (χ1n) is 47.4. The number of nitrogens with one attached hydrogen (secondary N) is 2. The molecule has 0 spiro atoms. The highest BCUT2D eigenvalue weighted by Crippen LogP contribution is 2.46. The highest BCUT2D eigenvalue weighted by molar-refractivity contribution is 9.11. The predicted molar refractivity (Wildman–Crippen MR) is 599 cm³/mol. The van der Waals surface area contributed by atoms with E-state index in [0.717, 1.165) is 88.9 Å². The molecular weight excluding hydrogens is 2310 g/mol. The molecule has 7 aliphatic rings. The third-order valence-corrected chi connectivity index (χ3v) is 30.1. The van der Waals surface area contributed by atoms with Crippen LogP contribution in [0.4, 0.5) is 59.0 Å². The summed E-state index contributed by atoms with van der Waals surface area (Å²) < 4.78 is 51.1. The molecule has 39 heteroatoms. The summed E-state index contributed by atoms with van der Waals surface area (Å²) in [6, 6.07) is 65.0. The number of carbonyl (C=O) groups is 9. The number of rotatable bonds is 25. The largest absolute Gasteiger partial charge is 0.494 e. The van der Waals surface area contributed by atoms with Gasteiger partial charge >= 0.3 is 31.2 Å². The first kappa shape index (κ1) is 122. The number of urea groups is 4. The Hall–Kier alpha value is -9.92. The molecule has 30 nitrogen and oxygen atoms in total. The second-order valence-corrected chi connectivity index (χ2v) is 42.2. The summed E-state index contributed by atoms with van der Waals surface area (Å²) in [7, 11) is 2.81. The van der Waals surface area contributed by atoms with Gasteiger partial charge < -0.3 is 43.5 Å². The van der Waals surface area contributed by atoms with Crippen LogP contribution < -0.4 is 41.0 Å². The van der Waals surface area contributed by atoms with Gasteiger partial charge in [-0.3, -0.25) is 68.5 Å². The van der Waals surface area contributed by atoms with Gasteiger partial charge in [-0.2, -0.15) is 10.3 Å². The number of ketones is 1. The van der Waals surface area contributed by atoms with Gasteiger partial charge in [-0.15, -0.1) is 0 Å². The Morgan fingerprint density at radius 3 is 1.22 bits per heavy atom. The number of carbonyl (C=O) groups excluding carboxylic acids is 9. The lowest BCUT2D eigenvalue weighted by Gasteiger charge is -2.44. The van der Waals surface area contributed by atoms with Crippen LogP contribution in [0.5, 0.6) is 0 Å². The molecule has 7 aliphatic heterocycles. The number of benzene rings is 9. The third kappa shape index (κ3) is 34.0. The van der Waals surface area contributed by atoms with E-state index in [9.17, 15) is 43.2 Å². The van der Waals surface area contributed by atoms with Crippen LogP contribution in [0, 0.1) is 52.4 Å². The molecule has 0 aliphatic carbocycles. The van der Waals surface area contributed by atoms with Gasteiger partial charge in [0, 0.05) is 100 Å². The van der Waals surface area contributed by atoms with Gasteiger partial charge in [0.1, 0.15) is 45.5 Å². The van der Waals surface area contributed by atoms with Crippen LogP contribution >= 0.6 is 119 Å². The molecule has 7 fully saturated rings. The fraction of sp³-hybridized carbons (Fsp3) is 0.398. The third-order valence-electron chi connectivity index (χ3n) is 26.1. The summed E-state index contributed by atoms with van der Waals surface area (Å²) >= 11 is 32.8. The summed E-state index contributed by atoms with van der Waals surface area (Å²) in [5.74, 6) is 1.82. The van der Waals surface area contributed by atoms with Gasteiger partial charge in [0.15, 0.2) is 6.19 Å². The number of nitrogens with two attached hydrogens (primary N) is 1. The number of hydrogen-bond acceptors (Lipinski definition) is 22. The van der Waals surface area contributed by atoms with E-state index < -0.39 is 18.3 Å². The van der Waals surface area contributed by atoms with Gasteiger partial charge in [0.2, 0.25) is 5.91 Å². The molecule has 786 valence electrons. The molecule has 16 rings (SSSR count). The maximum atomic E-state index is 12.5. The lowest BCUT2D eigenvalue weighted by Crippen LogP contribution is -2.43. The van der Waals surface area contributed by atoms with Crippen LogP contribution in [0.3, 0.4) is 0 Å². The van der Waals surface area contributed by atoms with E-state index >= 15 is 0 Å². The maximum Gasteiger partial charge on any atom is 0.494 e. The first-order valence-corrected chi connectivity index (χ1v) is 53.2. The van der Waals surface area contributed by atoms with Gasteiger partial charge in [-0.25, -0.2) is 24.6 Å². The van der Waals surface area contributed by atoms with Crippen molar-refractivity contribution < 1.29 is 80.9 Å². The Balaban J connectivity index is 0.000000213. The molecule has 9 aromatic carbocycles. The number of nitriles is 1. The highest BCUT2D eigenvalue weighted by atomic mass is 79.9. The SMILES string of the molecule is C.CC(=O)CN(C#N)c1ccc(Br)cc1.CCN1C(=O)CN(c2ccc(B3OC(C)(C)C(C)(C)O3)cc2)C1=O.CCN1C(=O)CN(c2ccc(Br)cc2)C1=O.CCN1C(=O)CN(c2ccc(Cc3cc([C@@H]4OC(COCOC)[C@@H](C)[C@H](C)C4C)ccc3Cl)cc2)C1=O.COCOCC1O[C@@H](c2ccc(Cl)c(CBr)c2)C(C)[C@@H](C)[C@@H]1C.N=C=Nc1ccc(Br)cc1.Nc1ccc(Br)cc1.O=C1CN(c2ccc(Br)cc2)C(=O)N1. The number of alkyl halides is 1. The van der Waals surface area contributed by atoms with Crippen molar-refractivity contribution in [1.82, 2.24) is 20.0 Å². The number of hydrogen-bond donors (Lipinski definition) is 3. The van der Waals surface area contributed by atoms with Crippen molar-refractivity contribution in [3.8, 4) is 6.19 Å². The molecular formula is C108H128BBr6Cl2N13O17. The van der Waals surface area contributed by atoms with E-state index in [0.29, 0.717) is 98.0 Å². The number of imide groups is 4. The average molecular weight is 2440 g/mol. The number of methoxy groups -OCH3 is 2. The molecule has 12 amide bonds. The highest BCUT2D eigenvalue weighted by Gasteiger charge is 2.52. The molecule has 9 aromatic rings. The molecule has 4 N–H and O–H groups in total. The van der Waals surface area contributed by atoms with Crippen LogP contribution in [0.25, 0.3) is 0 Å². The zero-order chi connectivity index (χ0) is 107. The van der Waals surface area contributed by atoms with Crippen molar-refractivity contribution in [2.75, 3.05) is 124 Å². The lowest BCUT2D eigenvalue weighted by atomic mass is 9.75. The zero-order valence-corrected chi connectivity index (χ0v) is 95.4. The first-order chi connectivity index (χ1) is 69.4. The number of ether oxygens (including phenoxy) is 6. The van der Waals surface area contributed by atoms with Gasteiger partial charge in [-0.05, 0) is 288 Å². The maximum absolute atomic E-state index is 12.5. The van der Waals surface area contributed by atoms with E-state index in [1.807, 2.05) is 198 Å². The van der Waals surface area contributed by atoms with E-state index in [4.69, 9.17) is 77.3 Å². The number of halogens is 8. The standard InChI is InChI=1S/C29H37ClN2O5.C18H26BrClO3.C17H23BN2O4.C11H11BrN2O2.C10H9BrN2O.C9H7BrN2O2.C7H5BrN2.C6H6BrN.CH4/c1-6-31-27(33)15-32(29(31)34)24-10-7-21(8-11-24)13-23-14-22(9-12-25(23)30)28-20(4)18(2)19(3)26(37-28)16-36-17-35-5;1-11-12(2)17(9-22-10-21-4)23-18(13(11)3)14-5-6-16(20)15(7-14)8-19;1-6-19-14(21)11-20(15(19)22)13-9-7-12(8-10-13)18-23-16(2,3)17(4,5)24-18;1-2-13-10(15)7-14(11(13)16)9-5-3-8(12)4-6-9;1-8(14)6-13(7-12)10-4-2-9(11)3-5-10;10-6-1-3-7(4-2-6)12-5-8(13)11-9(12)14;8-6-1-3-7(4-2-6)10-5-9;7-5-1-3-6(8)4-2-5;/h7-12,14,18-20,26,28H,6,13,15-17H2,1-5H3;5-7,11-13,17-18H,8-10H2,1-4H3;7-10H,6,11H2,1-5H3;3-6H,2,7H2,1H3;2-5H,6H2,1H3;1-4H,5H2,(H,11,13,14);1-4,9H;1-4H,8H2;1H4/t18-,19-,20?,26?,28+;11-,12-,13?,17?,18+;;;;;;;/m00......./s1. The summed E-state index contributed by atoms with van der Waals surface area (Å²) in [4.78, 5) is 120. The normalized spacial score (nSPS) is 20.4. The summed E-state index contributed by atoms with van der Waals surface area (Å²) in [6.07, 6.45) is 2.68. The fourth-order valence-electron chi connectivity index (χ4n) is 16.4. The number of likely N-dealkylation sites (N-methyl/N-ethyl adjacent to an activating group) is 3. The van der Waals surface area contributed by atoms with E-state index in [2.05, 4.69) is 172 Å². The lowest BCUT2D eigenvalue weighted by molar-refractivity contribution is -0.171. The number of aliphatic imine (C=N–C) groups is 1. The smallest absolute Gasteiger partial charge is 0.399 e. The molecule has 4 unspecified atom stereocenters. The number of anilines is 6. The number of amides is 12. The minimum absolute atomic E-state index is 0. The molecule has 0 radical (unpaired) electrons. The average Bonchev–Trinajstić information content (AvgIpc) is 1.62. The summed E-state index contributed by atoms with van der Waals surface area (Å²) in [5, 5.41) is 19.8. The Labute approximate surface area is 923 Å². The van der Waals surface area contributed by atoms with Crippen molar-refractivity contribution in [3.63, 3.8) is 0 Å². The molecule has 0 bridgehead atoms. The van der Waals surface area contributed by atoms with Crippen LogP contribution in [-0.4, -0.2) is 198 Å². The molecule has 0 aromatic heterocycles. The van der Waals surface area contributed by atoms with Crippen molar-refractivity contribution in [3.05, 3.63) is 266 Å². The molecule has 0 saturated carbocycles. The second kappa shape index (κ2) is 58.5. The van der Waals surface area contributed by atoms with Crippen LogP contribution in [0.2, 0.25) is 10.0 Å². The number of nitrogen functional groups attached to an aromatic ring is 1. The van der Waals surface area contributed by atoms with Crippen molar-refractivity contribution in [1.29, 1.82) is 10.7 Å². The van der Waals surface area contributed by atoms with Crippen molar-refractivity contribution in [2.24, 2.45) is 40.5 Å². The predicted octanol–water partition coefficient (Wildman–Crippen LogP) is 24.2. The topological polar surface area (TPSA) is 351 Å².